The molecule has 1 heterocycles. The molecule has 1 aliphatic carbocycles. The van der Waals surface area contributed by atoms with E-state index in [1.54, 1.807) is 0 Å². The van der Waals surface area contributed by atoms with Gasteiger partial charge in [-0.2, -0.15) is 0 Å². The van der Waals surface area contributed by atoms with E-state index >= 15 is 0 Å². The van der Waals surface area contributed by atoms with Gasteiger partial charge in [0.15, 0.2) is 0 Å². The van der Waals surface area contributed by atoms with Gasteiger partial charge in [0.05, 0.1) is 0 Å². The average Bonchev–Trinajstić information content (AvgIpc) is 3.15. The molecular formula is C19H29NO. The van der Waals surface area contributed by atoms with Crippen molar-refractivity contribution in [2.24, 2.45) is 11.8 Å². The van der Waals surface area contributed by atoms with Crippen molar-refractivity contribution in [3.63, 3.8) is 0 Å². The predicted molar refractivity (Wildman–Crippen MR) is 87.9 cm³/mol. The van der Waals surface area contributed by atoms with Crippen molar-refractivity contribution in [3.05, 3.63) is 29.3 Å². The van der Waals surface area contributed by atoms with E-state index in [2.05, 4.69) is 44.3 Å². The largest absolute Gasteiger partial charge is 0.490 e. The number of nitrogens with one attached hydrogen (secondary N) is 1. The van der Waals surface area contributed by atoms with Crippen LogP contribution in [0.2, 0.25) is 0 Å². The minimum absolute atomic E-state index is 0.381. The number of rotatable bonds is 7. The molecule has 1 aromatic carbocycles. The van der Waals surface area contributed by atoms with Crippen LogP contribution in [-0.4, -0.2) is 18.7 Å². The van der Waals surface area contributed by atoms with Gasteiger partial charge in [0, 0.05) is 12.5 Å². The van der Waals surface area contributed by atoms with Crippen molar-refractivity contribution >= 4 is 0 Å². The molecule has 116 valence electrons. The van der Waals surface area contributed by atoms with Crippen LogP contribution >= 0.6 is 0 Å². The first-order chi connectivity index (χ1) is 10.1. The Morgan fingerprint density at radius 3 is 2.81 bits per heavy atom. The van der Waals surface area contributed by atoms with Gasteiger partial charge in [-0.15, -0.1) is 0 Å². The van der Waals surface area contributed by atoms with Gasteiger partial charge in [-0.25, -0.2) is 0 Å². The minimum Gasteiger partial charge on any atom is -0.490 e. The maximum atomic E-state index is 6.17. The van der Waals surface area contributed by atoms with Crippen LogP contribution in [0.15, 0.2) is 18.2 Å². The lowest BCUT2D eigenvalue weighted by Crippen LogP contribution is -2.29. The second kappa shape index (κ2) is 6.39. The zero-order valence-corrected chi connectivity index (χ0v) is 13.7. The van der Waals surface area contributed by atoms with E-state index in [9.17, 15) is 0 Å². The Labute approximate surface area is 129 Å². The van der Waals surface area contributed by atoms with Crippen LogP contribution in [0.3, 0.4) is 0 Å². The maximum Gasteiger partial charge on any atom is 0.123 e. The zero-order valence-electron chi connectivity index (χ0n) is 13.7. The fourth-order valence-electron chi connectivity index (χ4n) is 3.50. The number of ether oxygens (including phenoxy) is 1. The first-order valence-corrected chi connectivity index (χ1v) is 8.59. The monoisotopic (exact) mass is 287 g/mol. The zero-order chi connectivity index (χ0) is 14.8. The van der Waals surface area contributed by atoms with Crippen molar-refractivity contribution in [2.45, 2.75) is 65.0 Å². The molecule has 1 N–H and O–H groups in total. The standard InChI is InChI=1S/C19H29NO/c1-13(2)8-15(12-20-17-5-6-17)10-18-11-16-9-14(3)4-7-19(16)21-18/h4,7,9,13,15,17-18,20H,5-6,8,10-12H2,1-3H3. The molecule has 0 radical (unpaired) electrons. The average molecular weight is 287 g/mol. The number of hydrogen-bond donors (Lipinski definition) is 1. The molecule has 1 saturated carbocycles. The third kappa shape index (κ3) is 4.23. The highest BCUT2D eigenvalue weighted by Crippen LogP contribution is 2.33. The molecule has 21 heavy (non-hydrogen) atoms. The van der Waals surface area contributed by atoms with E-state index in [4.69, 9.17) is 4.74 Å². The summed E-state index contributed by atoms with van der Waals surface area (Å²) in [7, 11) is 0. The first kappa shape index (κ1) is 14.9. The van der Waals surface area contributed by atoms with E-state index in [1.807, 2.05) is 0 Å². The molecule has 1 fully saturated rings. The van der Waals surface area contributed by atoms with E-state index in [-0.39, 0.29) is 0 Å². The summed E-state index contributed by atoms with van der Waals surface area (Å²) in [6.07, 6.45) is 6.71. The van der Waals surface area contributed by atoms with Crippen molar-refractivity contribution in [3.8, 4) is 5.75 Å². The highest BCUT2D eigenvalue weighted by Gasteiger charge is 2.28. The van der Waals surface area contributed by atoms with Gasteiger partial charge in [-0.1, -0.05) is 31.5 Å². The second-order valence-electron chi connectivity index (χ2n) is 7.47. The lowest BCUT2D eigenvalue weighted by molar-refractivity contribution is 0.182. The summed E-state index contributed by atoms with van der Waals surface area (Å²) in [5.74, 6) is 2.62. The third-order valence-corrected chi connectivity index (χ3v) is 4.63. The summed E-state index contributed by atoms with van der Waals surface area (Å²) in [6.45, 7) is 7.99. The van der Waals surface area contributed by atoms with Gasteiger partial charge in [0.2, 0.25) is 0 Å². The van der Waals surface area contributed by atoms with Crippen LogP contribution in [0.1, 0.15) is 50.7 Å². The predicted octanol–water partition coefficient (Wildman–Crippen LogP) is 4.10. The Bertz CT molecular complexity index is 478. The fraction of sp³-hybridized carbons (Fsp3) is 0.684. The highest BCUT2D eigenvalue weighted by molar-refractivity contribution is 5.40. The first-order valence-electron chi connectivity index (χ1n) is 8.59. The van der Waals surface area contributed by atoms with Gasteiger partial charge in [-0.3, -0.25) is 0 Å². The van der Waals surface area contributed by atoms with Crippen molar-refractivity contribution in [1.82, 2.24) is 5.32 Å². The normalized spacial score (nSPS) is 22.2. The van der Waals surface area contributed by atoms with E-state index < -0.39 is 0 Å². The van der Waals surface area contributed by atoms with Crippen LogP contribution < -0.4 is 10.1 Å². The van der Waals surface area contributed by atoms with Crippen molar-refractivity contribution in [1.29, 1.82) is 0 Å². The Morgan fingerprint density at radius 2 is 2.10 bits per heavy atom. The quantitative estimate of drug-likeness (QED) is 0.815. The molecule has 2 heteroatoms. The Hall–Kier alpha value is -1.02. The molecule has 1 aliphatic heterocycles. The van der Waals surface area contributed by atoms with Crippen LogP contribution in [0.5, 0.6) is 5.75 Å². The van der Waals surface area contributed by atoms with Crippen LogP contribution in [0, 0.1) is 18.8 Å². The summed E-state index contributed by atoms with van der Waals surface area (Å²) in [6, 6.07) is 7.39. The SMILES string of the molecule is Cc1ccc2c(c1)CC(CC(CNC1CC1)CC(C)C)O2. The molecule has 0 amide bonds. The minimum atomic E-state index is 0.381. The van der Waals surface area contributed by atoms with E-state index in [0.29, 0.717) is 6.10 Å². The van der Waals surface area contributed by atoms with E-state index in [1.165, 1.54) is 36.8 Å². The molecule has 0 aromatic heterocycles. The van der Waals surface area contributed by atoms with Crippen LogP contribution in [0.25, 0.3) is 0 Å². The smallest absolute Gasteiger partial charge is 0.123 e. The molecule has 2 aliphatic rings. The van der Waals surface area contributed by atoms with Gasteiger partial charge < -0.3 is 10.1 Å². The van der Waals surface area contributed by atoms with Gasteiger partial charge in [-0.05, 0) is 62.6 Å². The molecule has 0 saturated heterocycles. The van der Waals surface area contributed by atoms with Gasteiger partial charge >= 0.3 is 0 Å². The summed E-state index contributed by atoms with van der Waals surface area (Å²) in [5.41, 5.74) is 2.74. The van der Waals surface area contributed by atoms with Gasteiger partial charge in [0.25, 0.3) is 0 Å². The molecule has 2 atom stereocenters. The Morgan fingerprint density at radius 1 is 1.29 bits per heavy atom. The number of aryl methyl sites for hydroxylation is 1. The lowest BCUT2D eigenvalue weighted by Gasteiger charge is -2.22. The molecule has 2 nitrogen and oxygen atoms in total. The number of fused-ring (bicyclic) bond motifs is 1. The number of benzene rings is 1. The Kier molecular flexibility index (Phi) is 4.54. The van der Waals surface area contributed by atoms with E-state index in [0.717, 1.165) is 36.6 Å². The highest BCUT2D eigenvalue weighted by atomic mass is 16.5. The summed E-state index contributed by atoms with van der Waals surface area (Å²) >= 11 is 0. The van der Waals surface area contributed by atoms with Crippen LogP contribution in [-0.2, 0) is 6.42 Å². The molecule has 3 rings (SSSR count). The van der Waals surface area contributed by atoms with Crippen LogP contribution in [0.4, 0.5) is 0 Å². The third-order valence-electron chi connectivity index (χ3n) is 4.63. The molecule has 0 bridgehead atoms. The molecule has 0 spiro atoms. The van der Waals surface area contributed by atoms with Gasteiger partial charge in [0.1, 0.15) is 11.9 Å². The maximum absolute atomic E-state index is 6.17. The van der Waals surface area contributed by atoms with Crippen molar-refractivity contribution < 1.29 is 4.74 Å². The topological polar surface area (TPSA) is 21.3 Å². The summed E-state index contributed by atoms with van der Waals surface area (Å²) < 4.78 is 6.17. The molecular weight excluding hydrogens is 258 g/mol. The molecule has 2 unspecified atom stereocenters. The second-order valence-corrected chi connectivity index (χ2v) is 7.47. The summed E-state index contributed by atoms with van der Waals surface area (Å²) in [5, 5.41) is 3.71. The molecule has 1 aromatic rings. The summed E-state index contributed by atoms with van der Waals surface area (Å²) in [4.78, 5) is 0. The van der Waals surface area contributed by atoms with Crippen molar-refractivity contribution in [2.75, 3.05) is 6.54 Å². The Balaban J connectivity index is 1.55. The fourth-order valence-corrected chi connectivity index (χ4v) is 3.50. The number of hydrogen-bond acceptors (Lipinski definition) is 2. The lowest BCUT2D eigenvalue weighted by atomic mass is 9.90.